The lowest BCUT2D eigenvalue weighted by Crippen LogP contribution is -2.29. The van der Waals surface area contributed by atoms with E-state index >= 15 is 0 Å². The summed E-state index contributed by atoms with van der Waals surface area (Å²) in [7, 11) is 0. The van der Waals surface area contributed by atoms with Crippen molar-refractivity contribution in [2.75, 3.05) is 0 Å². The summed E-state index contributed by atoms with van der Waals surface area (Å²) in [4.78, 5) is 6.78. The third-order valence-corrected chi connectivity index (χ3v) is 6.32. The molecule has 154 valence electrons. The van der Waals surface area contributed by atoms with Gasteiger partial charge in [0.05, 0.1) is 11.7 Å². The van der Waals surface area contributed by atoms with Crippen molar-refractivity contribution in [2.45, 2.75) is 18.6 Å². The molecule has 4 aromatic rings. The fourth-order valence-electron chi connectivity index (χ4n) is 3.95. The monoisotopic (exact) mass is 489 g/mol. The van der Waals surface area contributed by atoms with Crippen molar-refractivity contribution in [1.82, 2.24) is 15.2 Å². The number of rotatable bonds is 5. The molecule has 0 unspecified atom stereocenters. The lowest BCUT2D eigenvalue weighted by atomic mass is 10.0. The molecule has 2 aromatic carbocycles. The van der Waals surface area contributed by atoms with Gasteiger partial charge in [-0.2, -0.15) is 0 Å². The van der Waals surface area contributed by atoms with E-state index < -0.39 is 0 Å². The van der Waals surface area contributed by atoms with Gasteiger partial charge in [0.15, 0.2) is 5.11 Å². The zero-order valence-electron chi connectivity index (χ0n) is 16.6. The lowest BCUT2D eigenvalue weighted by molar-refractivity contribution is 0.269. The highest BCUT2D eigenvalue weighted by Crippen LogP contribution is 2.41. The molecular formula is C25H20BrN3OS. The van der Waals surface area contributed by atoms with E-state index in [1.807, 2.05) is 79.0 Å². The lowest BCUT2D eigenvalue weighted by Gasteiger charge is -2.26. The molecule has 0 saturated carbocycles. The number of hydrogen-bond acceptors (Lipinski definition) is 3. The van der Waals surface area contributed by atoms with Gasteiger partial charge in [-0.25, -0.2) is 0 Å². The van der Waals surface area contributed by atoms with Crippen LogP contribution in [0.5, 0.6) is 0 Å². The molecule has 0 aliphatic carbocycles. The molecule has 1 aliphatic heterocycles. The Morgan fingerprint density at radius 3 is 2.45 bits per heavy atom. The molecule has 0 amide bonds. The number of nitrogens with one attached hydrogen (secondary N) is 1. The molecule has 2 aromatic heterocycles. The van der Waals surface area contributed by atoms with Gasteiger partial charge >= 0.3 is 0 Å². The van der Waals surface area contributed by atoms with Crippen molar-refractivity contribution in [3.8, 4) is 11.3 Å². The van der Waals surface area contributed by atoms with Crippen molar-refractivity contribution < 1.29 is 4.42 Å². The standard InChI is InChI=1S/C25H20BrN3OS/c26-19-11-9-18(10-12-19)21-13-14-22(30-21)24-23(20-8-4-5-15-27-20)28-25(31)29(24)16-17-6-2-1-3-7-17/h1-15,23-24H,16H2,(H,28,31)/t23-,24+/m1/s1. The van der Waals surface area contributed by atoms with Crippen LogP contribution >= 0.6 is 28.1 Å². The number of halogens is 1. The normalized spacial score (nSPS) is 18.2. The molecule has 6 heteroatoms. The van der Waals surface area contributed by atoms with Gasteiger partial charge in [-0.15, -0.1) is 0 Å². The van der Waals surface area contributed by atoms with Gasteiger partial charge in [-0.05, 0) is 54.2 Å². The summed E-state index contributed by atoms with van der Waals surface area (Å²) in [5.41, 5.74) is 3.16. The van der Waals surface area contributed by atoms with Crippen LogP contribution in [0.2, 0.25) is 0 Å². The molecule has 4 nitrogen and oxygen atoms in total. The minimum absolute atomic E-state index is 0.0960. The Kier molecular flexibility index (Phi) is 5.57. The molecule has 2 atom stereocenters. The Morgan fingerprint density at radius 2 is 1.71 bits per heavy atom. The molecule has 31 heavy (non-hydrogen) atoms. The first-order chi connectivity index (χ1) is 15.2. The molecule has 1 aliphatic rings. The zero-order chi connectivity index (χ0) is 21.2. The first-order valence-corrected chi connectivity index (χ1v) is 11.3. The highest BCUT2D eigenvalue weighted by atomic mass is 79.9. The predicted molar refractivity (Wildman–Crippen MR) is 129 cm³/mol. The molecule has 3 heterocycles. The van der Waals surface area contributed by atoms with Gasteiger partial charge in [0.25, 0.3) is 0 Å². The molecule has 5 rings (SSSR count). The largest absolute Gasteiger partial charge is 0.459 e. The van der Waals surface area contributed by atoms with E-state index in [4.69, 9.17) is 16.6 Å². The van der Waals surface area contributed by atoms with Gasteiger partial charge in [0, 0.05) is 22.8 Å². The van der Waals surface area contributed by atoms with E-state index in [9.17, 15) is 0 Å². The number of thiocarbonyl (C=S) groups is 1. The minimum atomic E-state index is -0.105. The Bertz CT molecular complexity index is 1180. The minimum Gasteiger partial charge on any atom is -0.459 e. The van der Waals surface area contributed by atoms with Crippen molar-refractivity contribution in [3.63, 3.8) is 0 Å². The first kappa shape index (κ1) is 20.0. The van der Waals surface area contributed by atoms with Gasteiger partial charge in [0.2, 0.25) is 0 Å². The van der Waals surface area contributed by atoms with Crippen LogP contribution in [0.1, 0.15) is 29.1 Å². The Hall–Kier alpha value is -2.96. The van der Waals surface area contributed by atoms with Crippen molar-refractivity contribution in [3.05, 3.63) is 113 Å². The highest BCUT2D eigenvalue weighted by molar-refractivity contribution is 9.10. The molecule has 1 N–H and O–H groups in total. The summed E-state index contributed by atoms with van der Waals surface area (Å²) in [5, 5.41) is 4.17. The summed E-state index contributed by atoms with van der Waals surface area (Å²) < 4.78 is 7.42. The summed E-state index contributed by atoms with van der Waals surface area (Å²) in [6.45, 7) is 0.689. The van der Waals surface area contributed by atoms with Gasteiger partial charge in [0.1, 0.15) is 17.6 Å². The maximum Gasteiger partial charge on any atom is 0.170 e. The number of benzene rings is 2. The number of furan rings is 1. The SMILES string of the molecule is S=C1N[C@H](c2ccccn2)[C@H](c2ccc(-c3ccc(Br)cc3)o2)N1Cc1ccccc1. The average Bonchev–Trinajstić information content (AvgIpc) is 3.41. The van der Waals surface area contributed by atoms with Crippen molar-refractivity contribution in [1.29, 1.82) is 0 Å². The van der Waals surface area contributed by atoms with E-state index in [-0.39, 0.29) is 12.1 Å². The van der Waals surface area contributed by atoms with Gasteiger partial charge in [-0.1, -0.05) is 64.5 Å². The van der Waals surface area contributed by atoms with Crippen LogP contribution in [-0.4, -0.2) is 15.0 Å². The maximum atomic E-state index is 6.38. The number of pyridine rings is 1. The van der Waals surface area contributed by atoms with Gasteiger partial charge in [-0.3, -0.25) is 4.98 Å². The average molecular weight is 490 g/mol. The van der Waals surface area contributed by atoms with E-state index in [1.165, 1.54) is 5.56 Å². The highest BCUT2D eigenvalue weighted by Gasteiger charge is 2.41. The number of aromatic nitrogens is 1. The number of nitrogens with zero attached hydrogens (tertiary/aromatic N) is 2. The topological polar surface area (TPSA) is 41.3 Å². The Labute approximate surface area is 195 Å². The summed E-state index contributed by atoms with van der Waals surface area (Å²) in [5.74, 6) is 1.69. The van der Waals surface area contributed by atoms with E-state index in [2.05, 4.69) is 43.3 Å². The van der Waals surface area contributed by atoms with E-state index in [0.717, 1.165) is 27.3 Å². The Morgan fingerprint density at radius 1 is 0.935 bits per heavy atom. The van der Waals surface area contributed by atoms with E-state index in [1.54, 1.807) is 0 Å². The smallest absolute Gasteiger partial charge is 0.170 e. The maximum absolute atomic E-state index is 6.38. The Balaban J connectivity index is 1.53. The van der Waals surface area contributed by atoms with Crippen LogP contribution in [0.25, 0.3) is 11.3 Å². The summed E-state index contributed by atoms with van der Waals surface area (Å²) >= 11 is 9.24. The summed E-state index contributed by atoms with van der Waals surface area (Å²) in [6, 6.07) is 28.3. The fourth-order valence-corrected chi connectivity index (χ4v) is 4.52. The van der Waals surface area contributed by atoms with E-state index in [0.29, 0.717) is 11.7 Å². The molecule has 0 bridgehead atoms. The van der Waals surface area contributed by atoms with Crippen LogP contribution in [0, 0.1) is 0 Å². The van der Waals surface area contributed by atoms with Crippen molar-refractivity contribution >= 4 is 33.3 Å². The van der Waals surface area contributed by atoms with Crippen LogP contribution in [-0.2, 0) is 6.54 Å². The molecule has 0 spiro atoms. The fraction of sp³-hybridized carbons (Fsp3) is 0.120. The molecular weight excluding hydrogens is 470 g/mol. The second kappa shape index (κ2) is 8.65. The van der Waals surface area contributed by atoms with Crippen molar-refractivity contribution in [2.24, 2.45) is 0 Å². The predicted octanol–water partition coefficient (Wildman–Crippen LogP) is 6.28. The quantitative estimate of drug-likeness (QED) is 0.334. The summed E-state index contributed by atoms with van der Waals surface area (Å²) in [6.07, 6.45) is 1.81. The van der Waals surface area contributed by atoms with Crippen LogP contribution in [0.3, 0.4) is 0 Å². The molecule has 1 fully saturated rings. The second-order valence-corrected chi connectivity index (χ2v) is 8.75. The van der Waals surface area contributed by atoms with Gasteiger partial charge < -0.3 is 14.6 Å². The molecule has 1 saturated heterocycles. The third kappa shape index (κ3) is 4.13. The molecule has 0 radical (unpaired) electrons. The zero-order valence-corrected chi connectivity index (χ0v) is 19.0. The second-order valence-electron chi connectivity index (χ2n) is 7.45. The van der Waals surface area contributed by atoms with Crippen LogP contribution in [0.4, 0.5) is 0 Å². The first-order valence-electron chi connectivity index (χ1n) is 10.1. The number of hydrogen-bond donors (Lipinski definition) is 1. The van der Waals surface area contributed by atoms with Crippen LogP contribution < -0.4 is 5.32 Å². The van der Waals surface area contributed by atoms with Crippen LogP contribution in [0.15, 0.2) is 100 Å². The third-order valence-electron chi connectivity index (χ3n) is 5.44.